The summed E-state index contributed by atoms with van der Waals surface area (Å²) < 4.78 is 5.67. The second-order valence-electron chi connectivity index (χ2n) is 4.86. The molecule has 1 aliphatic heterocycles. The number of aliphatic hydroxyl groups is 1. The first-order valence-corrected chi connectivity index (χ1v) is 6.36. The van der Waals surface area contributed by atoms with Crippen molar-refractivity contribution in [3.05, 3.63) is 23.7 Å². The van der Waals surface area contributed by atoms with Gasteiger partial charge in [0.15, 0.2) is 0 Å². The summed E-state index contributed by atoms with van der Waals surface area (Å²) in [6.45, 7) is 4.88. The molecule has 1 aromatic rings. The van der Waals surface area contributed by atoms with Gasteiger partial charge in [0, 0.05) is 19.7 Å². The van der Waals surface area contributed by atoms with Gasteiger partial charge in [-0.2, -0.15) is 0 Å². The largest absolute Gasteiger partial charge is 0.465 e. The van der Waals surface area contributed by atoms with Crippen molar-refractivity contribution in [3.63, 3.8) is 0 Å². The van der Waals surface area contributed by atoms with E-state index >= 15 is 0 Å². The van der Waals surface area contributed by atoms with Gasteiger partial charge in [-0.15, -0.1) is 0 Å². The number of nitrogens with zero attached hydrogens (tertiary/aromatic N) is 1. The average Bonchev–Trinajstić information content (AvgIpc) is 2.91. The number of nitrogens with two attached hydrogens (primary N) is 1. The molecular weight excluding hydrogens is 216 g/mol. The lowest BCUT2D eigenvalue weighted by molar-refractivity contribution is 0.201. The summed E-state index contributed by atoms with van der Waals surface area (Å²) in [5.41, 5.74) is 5.86. The van der Waals surface area contributed by atoms with Crippen LogP contribution < -0.4 is 5.73 Å². The van der Waals surface area contributed by atoms with Gasteiger partial charge in [0.05, 0.1) is 6.04 Å². The van der Waals surface area contributed by atoms with Crippen molar-refractivity contribution in [3.8, 4) is 0 Å². The number of aliphatic hydroxyl groups excluding tert-OH is 1. The van der Waals surface area contributed by atoms with Crippen LogP contribution in [0.1, 0.15) is 30.4 Å². The predicted octanol–water partition coefficient (Wildman–Crippen LogP) is 1.29. The lowest BCUT2D eigenvalue weighted by Crippen LogP contribution is -2.31. The van der Waals surface area contributed by atoms with Crippen LogP contribution in [0.15, 0.2) is 16.5 Å². The minimum Gasteiger partial charge on any atom is -0.465 e. The molecule has 1 aromatic heterocycles. The first-order valence-electron chi connectivity index (χ1n) is 6.36. The van der Waals surface area contributed by atoms with Gasteiger partial charge >= 0.3 is 0 Å². The Morgan fingerprint density at radius 3 is 3.00 bits per heavy atom. The van der Waals surface area contributed by atoms with Crippen molar-refractivity contribution < 1.29 is 9.52 Å². The summed E-state index contributed by atoms with van der Waals surface area (Å²) in [6.07, 6.45) is 2.04. The van der Waals surface area contributed by atoms with Crippen LogP contribution in [0.3, 0.4) is 0 Å². The molecule has 4 heteroatoms. The second kappa shape index (κ2) is 5.67. The molecule has 96 valence electrons. The number of hydrogen-bond acceptors (Lipinski definition) is 4. The minimum atomic E-state index is 0.187. The topological polar surface area (TPSA) is 62.6 Å². The molecule has 0 saturated carbocycles. The Morgan fingerprint density at radius 1 is 1.59 bits per heavy atom. The molecule has 2 heterocycles. The Labute approximate surface area is 102 Å². The predicted molar refractivity (Wildman–Crippen MR) is 66.6 cm³/mol. The van der Waals surface area contributed by atoms with E-state index in [0.29, 0.717) is 12.5 Å². The summed E-state index contributed by atoms with van der Waals surface area (Å²) >= 11 is 0. The zero-order valence-corrected chi connectivity index (χ0v) is 10.4. The van der Waals surface area contributed by atoms with Crippen molar-refractivity contribution in [2.75, 3.05) is 26.2 Å². The molecule has 0 bridgehead atoms. The molecular formula is C13H22N2O2. The highest BCUT2D eigenvalue weighted by Gasteiger charge is 2.29. The van der Waals surface area contributed by atoms with Gasteiger partial charge in [0.1, 0.15) is 11.5 Å². The van der Waals surface area contributed by atoms with Crippen LogP contribution in [0.2, 0.25) is 0 Å². The Kier molecular flexibility index (Phi) is 4.20. The van der Waals surface area contributed by atoms with Gasteiger partial charge in [-0.25, -0.2) is 0 Å². The van der Waals surface area contributed by atoms with Gasteiger partial charge in [-0.1, -0.05) is 0 Å². The maximum Gasteiger partial charge on any atom is 0.122 e. The highest BCUT2D eigenvalue weighted by atomic mass is 16.3. The lowest BCUT2D eigenvalue weighted by Gasteiger charge is -2.24. The van der Waals surface area contributed by atoms with Crippen LogP contribution in [0.4, 0.5) is 0 Å². The number of aryl methyl sites for hydroxylation is 1. The van der Waals surface area contributed by atoms with Crippen LogP contribution in [-0.2, 0) is 0 Å². The zero-order chi connectivity index (χ0) is 12.3. The molecule has 0 radical (unpaired) electrons. The Balaban J connectivity index is 2.00. The number of likely N-dealkylation sites (tertiary alicyclic amines) is 1. The van der Waals surface area contributed by atoms with E-state index in [-0.39, 0.29) is 12.6 Å². The molecule has 0 aromatic carbocycles. The van der Waals surface area contributed by atoms with Crippen LogP contribution >= 0.6 is 0 Å². The summed E-state index contributed by atoms with van der Waals surface area (Å²) in [6, 6.07) is 4.19. The molecule has 4 nitrogen and oxygen atoms in total. The monoisotopic (exact) mass is 238 g/mol. The van der Waals surface area contributed by atoms with E-state index < -0.39 is 0 Å². The Morgan fingerprint density at radius 2 is 2.41 bits per heavy atom. The van der Waals surface area contributed by atoms with Gasteiger partial charge in [0.25, 0.3) is 0 Å². The standard InChI is InChI=1S/C13H22N2O2/c1-10-2-3-13(17-10)12(8-14)15-6-4-11(9-15)5-7-16/h2-3,11-12,16H,4-9,14H2,1H3. The molecule has 0 amide bonds. The number of rotatable bonds is 5. The minimum absolute atomic E-state index is 0.187. The smallest absolute Gasteiger partial charge is 0.122 e. The summed E-state index contributed by atoms with van der Waals surface area (Å²) in [4.78, 5) is 2.37. The van der Waals surface area contributed by atoms with Crippen LogP contribution in [0, 0.1) is 12.8 Å². The van der Waals surface area contributed by atoms with E-state index in [2.05, 4.69) is 4.90 Å². The molecule has 3 N–H and O–H groups in total. The van der Waals surface area contributed by atoms with Crippen molar-refractivity contribution >= 4 is 0 Å². The molecule has 0 aliphatic carbocycles. The van der Waals surface area contributed by atoms with Crippen molar-refractivity contribution in [1.82, 2.24) is 4.90 Å². The number of furan rings is 1. The average molecular weight is 238 g/mol. The van der Waals surface area contributed by atoms with Gasteiger partial charge in [-0.05, 0) is 44.4 Å². The van der Waals surface area contributed by atoms with E-state index in [1.54, 1.807) is 0 Å². The molecule has 17 heavy (non-hydrogen) atoms. The van der Waals surface area contributed by atoms with Gasteiger partial charge in [-0.3, -0.25) is 4.90 Å². The van der Waals surface area contributed by atoms with Crippen molar-refractivity contribution in [2.45, 2.75) is 25.8 Å². The van der Waals surface area contributed by atoms with Crippen LogP contribution in [0.5, 0.6) is 0 Å². The molecule has 2 unspecified atom stereocenters. The SMILES string of the molecule is Cc1ccc(C(CN)N2CCC(CCO)C2)o1. The first-order chi connectivity index (χ1) is 8.24. The number of hydrogen-bond donors (Lipinski definition) is 2. The maximum absolute atomic E-state index is 8.97. The van der Waals surface area contributed by atoms with Crippen molar-refractivity contribution in [1.29, 1.82) is 0 Å². The maximum atomic E-state index is 8.97. The molecule has 0 spiro atoms. The van der Waals surface area contributed by atoms with Crippen LogP contribution in [0.25, 0.3) is 0 Å². The summed E-state index contributed by atoms with van der Waals surface area (Å²) in [7, 11) is 0. The third kappa shape index (κ3) is 2.89. The van der Waals surface area contributed by atoms with Gasteiger partial charge in [0.2, 0.25) is 0 Å². The van der Waals surface area contributed by atoms with Crippen molar-refractivity contribution in [2.24, 2.45) is 11.7 Å². The second-order valence-corrected chi connectivity index (χ2v) is 4.86. The third-order valence-corrected chi connectivity index (χ3v) is 3.61. The Hall–Kier alpha value is -0.840. The van der Waals surface area contributed by atoms with Crippen LogP contribution in [-0.4, -0.2) is 36.2 Å². The summed E-state index contributed by atoms with van der Waals surface area (Å²) in [5, 5.41) is 8.97. The molecule has 1 fully saturated rings. The Bertz CT molecular complexity index is 351. The normalized spacial score (nSPS) is 23.1. The fourth-order valence-corrected chi connectivity index (χ4v) is 2.64. The van der Waals surface area contributed by atoms with E-state index in [4.69, 9.17) is 15.3 Å². The van der Waals surface area contributed by atoms with E-state index in [1.165, 1.54) is 0 Å². The third-order valence-electron chi connectivity index (χ3n) is 3.61. The highest BCUT2D eigenvalue weighted by molar-refractivity contribution is 5.11. The highest BCUT2D eigenvalue weighted by Crippen LogP contribution is 2.29. The lowest BCUT2D eigenvalue weighted by atomic mass is 10.1. The quantitative estimate of drug-likeness (QED) is 0.811. The van der Waals surface area contributed by atoms with E-state index in [9.17, 15) is 0 Å². The molecule has 2 atom stereocenters. The first kappa shape index (κ1) is 12.6. The van der Waals surface area contributed by atoms with E-state index in [1.807, 2.05) is 19.1 Å². The zero-order valence-electron chi connectivity index (χ0n) is 10.4. The summed E-state index contributed by atoms with van der Waals surface area (Å²) in [5.74, 6) is 2.50. The van der Waals surface area contributed by atoms with E-state index in [0.717, 1.165) is 37.5 Å². The fraction of sp³-hybridized carbons (Fsp3) is 0.692. The molecule has 2 rings (SSSR count). The molecule has 1 aliphatic rings. The molecule has 1 saturated heterocycles. The fourth-order valence-electron chi connectivity index (χ4n) is 2.64. The van der Waals surface area contributed by atoms with Gasteiger partial charge < -0.3 is 15.3 Å².